The molecule has 1 aromatic carbocycles. The van der Waals surface area contributed by atoms with E-state index in [2.05, 4.69) is 28.5 Å². The summed E-state index contributed by atoms with van der Waals surface area (Å²) in [7, 11) is 0. The molecule has 0 aliphatic carbocycles. The van der Waals surface area contributed by atoms with Crippen LogP contribution in [0, 0.1) is 18.3 Å². The lowest BCUT2D eigenvalue weighted by Crippen LogP contribution is -2.03. The van der Waals surface area contributed by atoms with Gasteiger partial charge >= 0.3 is 0 Å². The number of fused-ring (bicyclic) bond motifs is 1. The zero-order valence-corrected chi connectivity index (χ0v) is 10.6. The number of unbranched alkanes of at least 4 members (excludes halogenated alkanes) is 2. The van der Waals surface area contributed by atoms with Gasteiger partial charge in [-0.1, -0.05) is 18.2 Å². The number of pyridine rings is 1. The third-order valence-electron chi connectivity index (χ3n) is 2.88. The highest BCUT2D eigenvalue weighted by atomic mass is 14.9. The van der Waals surface area contributed by atoms with Crippen molar-refractivity contribution >= 4 is 16.6 Å². The summed E-state index contributed by atoms with van der Waals surface area (Å²) < 4.78 is 0. The largest absolute Gasteiger partial charge is 0.384 e. The topological polar surface area (TPSA) is 48.7 Å². The summed E-state index contributed by atoms with van der Waals surface area (Å²) in [5.74, 6) is 0. The monoisotopic (exact) mass is 239 g/mol. The van der Waals surface area contributed by atoms with Crippen LogP contribution in [0.25, 0.3) is 10.9 Å². The highest BCUT2D eigenvalue weighted by Gasteiger charge is 2.02. The average Bonchev–Trinajstić information content (AvgIpc) is 2.38. The fraction of sp³-hybridized carbons (Fsp3) is 0.333. The first-order valence-electron chi connectivity index (χ1n) is 6.28. The van der Waals surface area contributed by atoms with Gasteiger partial charge in [-0.25, -0.2) is 0 Å². The Bertz CT molecular complexity index is 569. The summed E-state index contributed by atoms with van der Waals surface area (Å²) in [5, 5.41) is 13.1. The number of rotatable bonds is 5. The SMILES string of the molecule is Cc1cc(NCCCCC#N)c2ccccc2n1. The normalized spacial score (nSPS) is 10.2. The number of para-hydroxylation sites is 1. The van der Waals surface area contributed by atoms with Gasteiger partial charge < -0.3 is 5.32 Å². The molecule has 0 bridgehead atoms. The molecule has 92 valence electrons. The molecular formula is C15H17N3. The van der Waals surface area contributed by atoms with Crippen molar-refractivity contribution in [2.24, 2.45) is 0 Å². The van der Waals surface area contributed by atoms with Gasteiger partial charge in [0.25, 0.3) is 0 Å². The van der Waals surface area contributed by atoms with Gasteiger partial charge in [-0.15, -0.1) is 0 Å². The maximum Gasteiger partial charge on any atom is 0.0725 e. The quantitative estimate of drug-likeness (QED) is 0.810. The first-order valence-corrected chi connectivity index (χ1v) is 6.28. The molecule has 0 radical (unpaired) electrons. The Balaban J connectivity index is 2.10. The van der Waals surface area contributed by atoms with Gasteiger partial charge in [-0.05, 0) is 31.9 Å². The Hall–Kier alpha value is -2.08. The maximum absolute atomic E-state index is 8.48. The lowest BCUT2D eigenvalue weighted by Gasteiger charge is -2.10. The number of hydrogen-bond acceptors (Lipinski definition) is 3. The summed E-state index contributed by atoms with van der Waals surface area (Å²) in [6.45, 7) is 2.91. The van der Waals surface area contributed by atoms with E-state index in [1.165, 1.54) is 0 Å². The van der Waals surface area contributed by atoms with E-state index < -0.39 is 0 Å². The molecule has 1 N–H and O–H groups in total. The van der Waals surface area contributed by atoms with Crippen LogP contribution in [-0.2, 0) is 0 Å². The third-order valence-corrected chi connectivity index (χ3v) is 2.88. The molecule has 18 heavy (non-hydrogen) atoms. The molecule has 0 fully saturated rings. The van der Waals surface area contributed by atoms with Crippen molar-refractivity contribution in [2.75, 3.05) is 11.9 Å². The highest BCUT2D eigenvalue weighted by Crippen LogP contribution is 2.22. The van der Waals surface area contributed by atoms with Crippen LogP contribution in [0.4, 0.5) is 5.69 Å². The molecule has 2 aromatic rings. The van der Waals surface area contributed by atoms with Crippen molar-refractivity contribution in [2.45, 2.75) is 26.2 Å². The second kappa shape index (κ2) is 6.02. The van der Waals surface area contributed by atoms with Crippen molar-refractivity contribution in [3.8, 4) is 6.07 Å². The number of nitrogens with zero attached hydrogens (tertiary/aromatic N) is 2. The molecule has 1 aromatic heterocycles. The molecule has 3 nitrogen and oxygen atoms in total. The van der Waals surface area contributed by atoms with Gasteiger partial charge in [0.05, 0.1) is 11.6 Å². The molecule has 0 unspecified atom stereocenters. The lowest BCUT2D eigenvalue weighted by atomic mass is 10.1. The fourth-order valence-corrected chi connectivity index (χ4v) is 2.01. The zero-order chi connectivity index (χ0) is 12.8. The third kappa shape index (κ3) is 2.98. The van der Waals surface area contributed by atoms with Crippen LogP contribution in [-0.4, -0.2) is 11.5 Å². The van der Waals surface area contributed by atoms with Gasteiger partial charge in [-0.3, -0.25) is 4.98 Å². The van der Waals surface area contributed by atoms with E-state index >= 15 is 0 Å². The Morgan fingerprint density at radius 3 is 2.94 bits per heavy atom. The number of aryl methyl sites for hydroxylation is 1. The van der Waals surface area contributed by atoms with Crippen molar-refractivity contribution in [1.82, 2.24) is 4.98 Å². The molecule has 2 rings (SSSR count). The van der Waals surface area contributed by atoms with Crippen LogP contribution in [0.3, 0.4) is 0 Å². The Kier molecular flexibility index (Phi) is 4.14. The number of hydrogen-bond donors (Lipinski definition) is 1. The molecule has 0 aliphatic rings. The first-order chi connectivity index (χ1) is 8.81. The summed E-state index contributed by atoms with van der Waals surface area (Å²) in [6, 6.07) is 12.4. The van der Waals surface area contributed by atoms with Crippen molar-refractivity contribution < 1.29 is 0 Å². The van der Waals surface area contributed by atoms with E-state index in [9.17, 15) is 0 Å². The van der Waals surface area contributed by atoms with E-state index in [4.69, 9.17) is 5.26 Å². The number of benzene rings is 1. The second-order valence-electron chi connectivity index (χ2n) is 4.37. The van der Waals surface area contributed by atoms with Crippen LogP contribution in [0.15, 0.2) is 30.3 Å². The minimum absolute atomic E-state index is 0.637. The molecule has 0 aliphatic heterocycles. The molecular weight excluding hydrogens is 222 g/mol. The van der Waals surface area contributed by atoms with E-state index in [1.807, 2.05) is 25.1 Å². The summed E-state index contributed by atoms with van der Waals surface area (Å²) in [4.78, 5) is 4.51. The van der Waals surface area contributed by atoms with E-state index in [0.29, 0.717) is 6.42 Å². The highest BCUT2D eigenvalue weighted by molar-refractivity contribution is 5.91. The van der Waals surface area contributed by atoms with Crippen LogP contribution in [0.2, 0.25) is 0 Å². The minimum atomic E-state index is 0.637. The lowest BCUT2D eigenvalue weighted by molar-refractivity contribution is 0.785. The summed E-state index contributed by atoms with van der Waals surface area (Å²) in [6.07, 6.45) is 2.60. The number of aromatic nitrogens is 1. The molecule has 0 spiro atoms. The van der Waals surface area contributed by atoms with Crippen molar-refractivity contribution in [1.29, 1.82) is 5.26 Å². The molecule has 3 heteroatoms. The van der Waals surface area contributed by atoms with Crippen molar-refractivity contribution in [3.05, 3.63) is 36.0 Å². The second-order valence-corrected chi connectivity index (χ2v) is 4.37. The molecule has 1 heterocycles. The van der Waals surface area contributed by atoms with E-state index in [1.54, 1.807) is 0 Å². The van der Waals surface area contributed by atoms with Gasteiger partial charge in [0, 0.05) is 29.7 Å². The smallest absolute Gasteiger partial charge is 0.0725 e. The minimum Gasteiger partial charge on any atom is -0.384 e. The van der Waals surface area contributed by atoms with Gasteiger partial charge in [0.1, 0.15) is 0 Å². The number of nitrogens with one attached hydrogen (secondary N) is 1. The molecule has 0 amide bonds. The number of nitriles is 1. The van der Waals surface area contributed by atoms with Crippen LogP contribution in [0.1, 0.15) is 25.0 Å². The molecule has 0 atom stereocenters. The van der Waals surface area contributed by atoms with E-state index in [0.717, 1.165) is 41.7 Å². The first kappa shape index (κ1) is 12.4. The van der Waals surface area contributed by atoms with Crippen molar-refractivity contribution in [3.63, 3.8) is 0 Å². The average molecular weight is 239 g/mol. The van der Waals surface area contributed by atoms with Crippen LogP contribution in [0.5, 0.6) is 0 Å². The molecule has 0 saturated heterocycles. The van der Waals surface area contributed by atoms with E-state index in [-0.39, 0.29) is 0 Å². The Morgan fingerprint density at radius 2 is 2.11 bits per heavy atom. The molecule has 0 saturated carbocycles. The number of anilines is 1. The standard InChI is InChI=1S/C15H17N3/c1-12-11-15(17-10-6-2-5-9-16)13-7-3-4-8-14(13)18-12/h3-4,7-8,11H,2,5-6,10H2,1H3,(H,17,18). The predicted molar refractivity (Wildman–Crippen MR) is 74.4 cm³/mol. The Labute approximate surface area is 107 Å². The van der Waals surface area contributed by atoms with Crippen LogP contribution >= 0.6 is 0 Å². The van der Waals surface area contributed by atoms with Crippen LogP contribution < -0.4 is 5.32 Å². The van der Waals surface area contributed by atoms with Gasteiger partial charge in [-0.2, -0.15) is 5.26 Å². The fourth-order valence-electron chi connectivity index (χ4n) is 2.01. The summed E-state index contributed by atoms with van der Waals surface area (Å²) >= 11 is 0. The predicted octanol–water partition coefficient (Wildman–Crippen LogP) is 3.65. The summed E-state index contributed by atoms with van der Waals surface area (Å²) in [5.41, 5.74) is 3.18. The maximum atomic E-state index is 8.48. The van der Waals surface area contributed by atoms with Gasteiger partial charge in [0.2, 0.25) is 0 Å². The zero-order valence-electron chi connectivity index (χ0n) is 10.6. The van der Waals surface area contributed by atoms with Gasteiger partial charge in [0.15, 0.2) is 0 Å². The Morgan fingerprint density at radius 1 is 1.28 bits per heavy atom.